The summed E-state index contributed by atoms with van der Waals surface area (Å²) in [6, 6.07) is 3.00. The van der Waals surface area contributed by atoms with Crippen molar-refractivity contribution in [3.63, 3.8) is 0 Å². The molecule has 0 fully saturated rings. The van der Waals surface area contributed by atoms with E-state index in [1.807, 2.05) is 0 Å². The predicted octanol–water partition coefficient (Wildman–Crippen LogP) is 3.83. The van der Waals surface area contributed by atoms with Gasteiger partial charge in [0.05, 0.1) is 5.56 Å². The number of Topliss-reactive ketones (excluding diaryl/α,β-unsaturated/α-hetero) is 1. The molecule has 0 aliphatic heterocycles. The maximum absolute atomic E-state index is 12.5. The summed E-state index contributed by atoms with van der Waals surface area (Å²) >= 11 is 0.863. The van der Waals surface area contributed by atoms with Crippen molar-refractivity contribution in [2.45, 2.75) is 13.1 Å². The van der Waals surface area contributed by atoms with E-state index in [2.05, 4.69) is 0 Å². The second kappa shape index (κ2) is 3.73. The summed E-state index contributed by atoms with van der Waals surface area (Å²) in [6.45, 7) is 1.26. The van der Waals surface area contributed by atoms with Crippen molar-refractivity contribution < 1.29 is 23.1 Å². The zero-order valence-electron chi connectivity index (χ0n) is 8.63. The van der Waals surface area contributed by atoms with Crippen LogP contribution in [0.25, 0.3) is 10.1 Å². The fourth-order valence-corrected chi connectivity index (χ4v) is 2.53. The molecule has 1 heterocycles. The third kappa shape index (κ3) is 2.00. The molecule has 0 atom stereocenters. The Hall–Kier alpha value is -1.56. The molecule has 2 aromatic rings. The van der Waals surface area contributed by atoms with Gasteiger partial charge in [-0.1, -0.05) is 0 Å². The quantitative estimate of drug-likeness (QED) is 0.791. The lowest BCUT2D eigenvalue weighted by atomic mass is 10.1. The number of aromatic hydroxyl groups is 1. The first-order chi connectivity index (χ1) is 7.80. The number of carbonyl (C=O) groups excluding carboxylic acids is 1. The minimum Gasteiger partial charge on any atom is -0.506 e. The average Bonchev–Trinajstić information content (AvgIpc) is 2.54. The molecule has 0 amide bonds. The molecule has 0 spiro atoms. The van der Waals surface area contributed by atoms with E-state index in [-0.39, 0.29) is 26.5 Å². The third-order valence-corrected chi connectivity index (χ3v) is 3.55. The summed E-state index contributed by atoms with van der Waals surface area (Å²) in [5, 5.41) is 9.93. The highest BCUT2D eigenvalue weighted by molar-refractivity contribution is 7.21. The van der Waals surface area contributed by atoms with Crippen LogP contribution in [-0.2, 0) is 6.18 Å². The van der Waals surface area contributed by atoms with Gasteiger partial charge >= 0.3 is 6.18 Å². The Balaban J connectivity index is 2.68. The molecule has 2 rings (SSSR count). The van der Waals surface area contributed by atoms with Crippen LogP contribution in [0.15, 0.2) is 18.2 Å². The van der Waals surface area contributed by atoms with E-state index in [9.17, 15) is 23.1 Å². The normalized spacial score (nSPS) is 12.0. The number of benzene rings is 1. The molecule has 2 nitrogen and oxygen atoms in total. The number of hydrogen-bond acceptors (Lipinski definition) is 3. The summed E-state index contributed by atoms with van der Waals surface area (Å²) in [4.78, 5) is 11.2. The van der Waals surface area contributed by atoms with Crippen molar-refractivity contribution in [3.05, 3.63) is 28.6 Å². The predicted molar refractivity (Wildman–Crippen MR) is 58.5 cm³/mol. The Morgan fingerprint density at radius 2 is 2.00 bits per heavy atom. The van der Waals surface area contributed by atoms with Crippen molar-refractivity contribution >= 4 is 27.2 Å². The van der Waals surface area contributed by atoms with E-state index in [1.54, 1.807) is 0 Å². The topological polar surface area (TPSA) is 37.3 Å². The van der Waals surface area contributed by atoms with E-state index in [0.29, 0.717) is 0 Å². The van der Waals surface area contributed by atoms with Crippen molar-refractivity contribution in [2.75, 3.05) is 0 Å². The van der Waals surface area contributed by atoms with Crippen LogP contribution in [0.3, 0.4) is 0 Å². The number of ketones is 1. The lowest BCUT2D eigenvalue weighted by Gasteiger charge is -2.05. The van der Waals surface area contributed by atoms with Gasteiger partial charge in [-0.2, -0.15) is 13.2 Å². The first kappa shape index (κ1) is 11.9. The second-order valence-corrected chi connectivity index (χ2v) is 4.60. The van der Waals surface area contributed by atoms with Crippen molar-refractivity contribution in [3.8, 4) is 5.75 Å². The standard InChI is InChI=1S/C11H7F3O2S/c1-5(15)10-9(16)7-3-2-6(11(12,13)14)4-8(7)17-10/h2-4,16H,1H3. The first-order valence-corrected chi connectivity index (χ1v) is 5.46. The average molecular weight is 260 g/mol. The van der Waals surface area contributed by atoms with Gasteiger partial charge in [-0.25, -0.2) is 0 Å². The Morgan fingerprint density at radius 3 is 2.53 bits per heavy atom. The van der Waals surface area contributed by atoms with Crippen LogP contribution in [0.5, 0.6) is 5.75 Å². The van der Waals surface area contributed by atoms with Gasteiger partial charge < -0.3 is 5.11 Å². The molecular formula is C11H7F3O2S. The van der Waals surface area contributed by atoms with E-state index < -0.39 is 11.7 Å². The smallest absolute Gasteiger partial charge is 0.416 e. The van der Waals surface area contributed by atoms with E-state index in [1.165, 1.54) is 13.0 Å². The molecule has 0 radical (unpaired) electrons. The lowest BCUT2D eigenvalue weighted by molar-refractivity contribution is -0.137. The van der Waals surface area contributed by atoms with Crippen molar-refractivity contribution in [1.29, 1.82) is 0 Å². The van der Waals surface area contributed by atoms with Gasteiger partial charge in [0.2, 0.25) is 0 Å². The Bertz CT molecular complexity index is 599. The Labute approximate surface area is 98.3 Å². The fourth-order valence-electron chi connectivity index (χ4n) is 1.50. The van der Waals surface area contributed by atoms with Crippen molar-refractivity contribution in [1.82, 2.24) is 0 Å². The lowest BCUT2D eigenvalue weighted by Crippen LogP contribution is -2.03. The monoisotopic (exact) mass is 260 g/mol. The molecule has 0 bridgehead atoms. The SMILES string of the molecule is CC(=O)c1sc2cc(C(F)(F)F)ccc2c1O. The summed E-state index contributed by atoms with van der Waals surface area (Å²) in [5.74, 6) is -0.608. The van der Waals surface area contributed by atoms with Crippen LogP contribution in [0.4, 0.5) is 13.2 Å². The van der Waals surface area contributed by atoms with Gasteiger partial charge in [0.15, 0.2) is 5.78 Å². The molecule has 0 unspecified atom stereocenters. The van der Waals surface area contributed by atoms with Gasteiger partial charge in [-0.3, -0.25) is 4.79 Å². The zero-order valence-corrected chi connectivity index (χ0v) is 9.45. The summed E-state index contributed by atoms with van der Waals surface area (Å²) in [6.07, 6.45) is -4.43. The van der Waals surface area contributed by atoms with Crippen LogP contribution in [0.1, 0.15) is 22.2 Å². The highest BCUT2D eigenvalue weighted by atomic mass is 32.1. The van der Waals surface area contributed by atoms with Crippen molar-refractivity contribution in [2.24, 2.45) is 0 Å². The number of halogens is 3. The fraction of sp³-hybridized carbons (Fsp3) is 0.182. The first-order valence-electron chi connectivity index (χ1n) is 4.64. The van der Waals surface area contributed by atoms with Crippen LogP contribution >= 0.6 is 11.3 Å². The zero-order chi connectivity index (χ0) is 12.8. The largest absolute Gasteiger partial charge is 0.506 e. The van der Waals surface area contributed by atoms with Gasteiger partial charge in [-0.05, 0) is 18.2 Å². The van der Waals surface area contributed by atoms with Crippen LogP contribution in [0.2, 0.25) is 0 Å². The van der Waals surface area contributed by atoms with Gasteiger partial charge in [0.1, 0.15) is 10.6 Å². The van der Waals surface area contributed by atoms with Gasteiger partial charge in [0, 0.05) is 17.0 Å². The molecule has 6 heteroatoms. The number of hydrogen-bond donors (Lipinski definition) is 1. The maximum atomic E-state index is 12.5. The molecule has 1 N–H and O–H groups in total. The number of rotatable bonds is 1. The molecule has 1 aromatic carbocycles. The molecule has 0 aliphatic carbocycles. The molecule has 90 valence electrons. The number of carbonyl (C=O) groups is 1. The highest BCUT2D eigenvalue weighted by Crippen LogP contribution is 2.40. The summed E-state index contributed by atoms with van der Waals surface area (Å²) in [7, 11) is 0. The van der Waals surface area contributed by atoms with E-state index in [4.69, 9.17) is 0 Å². The Kier molecular flexibility index (Phi) is 2.61. The van der Waals surface area contributed by atoms with Gasteiger partial charge in [-0.15, -0.1) is 11.3 Å². The van der Waals surface area contributed by atoms with Crippen LogP contribution in [-0.4, -0.2) is 10.9 Å². The number of fused-ring (bicyclic) bond motifs is 1. The van der Waals surface area contributed by atoms with Crippen LogP contribution in [0, 0.1) is 0 Å². The minimum atomic E-state index is -4.43. The molecule has 1 aromatic heterocycles. The van der Waals surface area contributed by atoms with E-state index >= 15 is 0 Å². The van der Waals surface area contributed by atoms with Gasteiger partial charge in [0.25, 0.3) is 0 Å². The van der Waals surface area contributed by atoms with Crippen LogP contribution < -0.4 is 0 Å². The molecule has 17 heavy (non-hydrogen) atoms. The number of alkyl halides is 3. The van der Waals surface area contributed by atoms with E-state index in [0.717, 1.165) is 23.5 Å². The molecule has 0 aliphatic rings. The Morgan fingerprint density at radius 1 is 1.35 bits per heavy atom. The third-order valence-electron chi connectivity index (χ3n) is 2.31. The number of thiophene rings is 1. The molecule has 0 saturated heterocycles. The minimum absolute atomic E-state index is 0.0827. The highest BCUT2D eigenvalue weighted by Gasteiger charge is 2.31. The molecule has 0 saturated carbocycles. The maximum Gasteiger partial charge on any atom is 0.416 e. The molecular weight excluding hydrogens is 253 g/mol. The summed E-state index contributed by atoms with van der Waals surface area (Å²) in [5.41, 5.74) is -0.790. The summed E-state index contributed by atoms with van der Waals surface area (Å²) < 4.78 is 37.6. The second-order valence-electron chi connectivity index (χ2n) is 3.54.